The van der Waals surface area contributed by atoms with Gasteiger partial charge in [0.15, 0.2) is 0 Å². The van der Waals surface area contributed by atoms with Crippen LogP contribution in [0.15, 0.2) is 54.6 Å². The molecule has 2 rings (SSSR count). The van der Waals surface area contributed by atoms with Crippen LogP contribution in [-0.4, -0.2) is 19.1 Å². The maximum atomic E-state index is 11.8. The number of ether oxygens (including phenoxy) is 1. The van der Waals surface area contributed by atoms with Gasteiger partial charge in [0.25, 0.3) is 0 Å². The molecule has 104 valence electrons. The molecule has 20 heavy (non-hydrogen) atoms. The van der Waals surface area contributed by atoms with Crippen molar-refractivity contribution in [3.63, 3.8) is 0 Å². The molecule has 0 aliphatic heterocycles. The number of nitrogen functional groups attached to an aromatic ring is 1. The number of amides is 1. The predicted molar refractivity (Wildman–Crippen MR) is 79.5 cm³/mol. The zero-order valence-electron chi connectivity index (χ0n) is 11.2. The van der Waals surface area contributed by atoms with E-state index in [-0.39, 0.29) is 12.3 Å². The van der Waals surface area contributed by atoms with Crippen LogP contribution in [0.5, 0.6) is 5.75 Å². The van der Waals surface area contributed by atoms with Gasteiger partial charge in [-0.15, -0.1) is 0 Å². The van der Waals surface area contributed by atoms with E-state index in [2.05, 4.69) is 5.32 Å². The van der Waals surface area contributed by atoms with E-state index in [1.54, 1.807) is 6.07 Å². The van der Waals surface area contributed by atoms with Crippen molar-refractivity contribution >= 4 is 11.6 Å². The van der Waals surface area contributed by atoms with Gasteiger partial charge in [-0.1, -0.05) is 36.4 Å². The molecular weight excluding hydrogens is 252 g/mol. The highest BCUT2D eigenvalue weighted by Crippen LogP contribution is 2.10. The summed E-state index contributed by atoms with van der Waals surface area (Å²) in [5.41, 5.74) is 7.28. The van der Waals surface area contributed by atoms with Crippen molar-refractivity contribution in [2.45, 2.75) is 6.42 Å². The molecule has 0 heterocycles. The third-order valence-corrected chi connectivity index (χ3v) is 2.84. The van der Waals surface area contributed by atoms with Crippen molar-refractivity contribution in [1.82, 2.24) is 5.32 Å². The number of hydrogen-bond acceptors (Lipinski definition) is 3. The summed E-state index contributed by atoms with van der Waals surface area (Å²) in [4.78, 5) is 11.8. The molecule has 2 aromatic carbocycles. The minimum absolute atomic E-state index is 0.0560. The summed E-state index contributed by atoms with van der Waals surface area (Å²) in [7, 11) is 0. The Morgan fingerprint density at radius 2 is 1.75 bits per heavy atom. The Morgan fingerprint density at radius 1 is 1.05 bits per heavy atom. The Hall–Kier alpha value is -2.49. The number of rotatable bonds is 6. The van der Waals surface area contributed by atoms with E-state index >= 15 is 0 Å². The molecule has 1 amide bonds. The van der Waals surface area contributed by atoms with Crippen molar-refractivity contribution in [3.05, 3.63) is 60.2 Å². The highest BCUT2D eigenvalue weighted by Gasteiger charge is 2.05. The third-order valence-electron chi connectivity index (χ3n) is 2.84. The minimum Gasteiger partial charge on any atom is -0.492 e. The topological polar surface area (TPSA) is 64.4 Å². The average molecular weight is 270 g/mol. The molecule has 2 aromatic rings. The zero-order chi connectivity index (χ0) is 14.2. The Balaban J connectivity index is 1.69. The van der Waals surface area contributed by atoms with Crippen molar-refractivity contribution in [2.24, 2.45) is 0 Å². The molecular formula is C16H18N2O2. The van der Waals surface area contributed by atoms with Gasteiger partial charge in [-0.25, -0.2) is 0 Å². The molecule has 3 N–H and O–H groups in total. The van der Waals surface area contributed by atoms with Crippen LogP contribution in [-0.2, 0) is 11.2 Å². The van der Waals surface area contributed by atoms with Gasteiger partial charge in [-0.05, 0) is 23.8 Å². The number of benzene rings is 2. The van der Waals surface area contributed by atoms with Crippen LogP contribution in [0.25, 0.3) is 0 Å². The van der Waals surface area contributed by atoms with Crippen molar-refractivity contribution in [1.29, 1.82) is 0 Å². The molecule has 0 saturated heterocycles. The highest BCUT2D eigenvalue weighted by molar-refractivity contribution is 5.80. The number of carbonyl (C=O) groups excluding carboxylic acids is 1. The monoisotopic (exact) mass is 270 g/mol. The lowest BCUT2D eigenvalue weighted by Crippen LogP contribution is -2.29. The van der Waals surface area contributed by atoms with Gasteiger partial charge in [0.05, 0.1) is 13.0 Å². The van der Waals surface area contributed by atoms with Gasteiger partial charge in [-0.2, -0.15) is 0 Å². The molecule has 0 saturated carbocycles. The second kappa shape index (κ2) is 7.19. The molecule has 0 aliphatic carbocycles. The molecule has 0 spiro atoms. The molecule has 0 aromatic heterocycles. The molecule has 4 heteroatoms. The molecule has 0 fully saturated rings. The van der Waals surface area contributed by atoms with Crippen molar-refractivity contribution in [2.75, 3.05) is 18.9 Å². The number of para-hydroxylation sites is 2. The van der Waals surface area contributed by atoms with Crippen LogP contribution in [0.1, 0.15) is 5.56 Å². The first-order chi connectivity index (χ1) is 9.75. The van der Waals surface area contributed by atoms with E-state index in [0.717, 1.165) is 11.3 Å². The Kier molecular flexibility index (Phi) is 5.00. The first-order valence-electron chi connectivity index (χ1n) is 6.53. The molecule has 4 nitrogen and oxygen atoms in total. The van der Waals surface area contributed by atoms with Crippen LogP contribution in [0.2, 0.25) is 0 Å². The van der Waals surface area contributed by atoms with Crippen LogP contribution < -0.4 is 15.8 Å². The number of hydrogen-bond donors (Lipinski definition) is 2. The zero-order valence-corrected chi connectivity index (χ0v) is 11.2. The van der Waals surface area contributed by atoms with Gasteiger partial charge >= 0.3 is 0 Å². The standard InChI is InChI=1S/C16H18N2O2/c17-15-9-5-4-6-13(15)12-16(19)18-10-11-20-14-7-2-1-3-8-14/h1-9H,10-12,17H2,(H,18,19). The fourth-order valence-electron chi connectivity index (χ4n) is 1.81. The number of nitrogens with one attached hydrogen (secondary N) is 1. The summed E-state index contributed by atoms with van der Waals surface area (Å²) in [5, 5.41) is 2.81. The van der Waals surface area contributed by atoms with E-state index in [0.29, 0.717) is 18.8 Å². The molecule has 0 aliphatic rings. The van der Waals surface area contributed by atoms with E-state index in [9.17, 15) is 4.79 Å². The van der Waals surface area contributed by atoms with E-state index in [1.165, 1.54) is 0 Å². The maximum absolute atomic E-state index is 11.8. The van der Waals surface area contributed by atoms with Gasteiger partial charge in [0.1, 0.15) is 12.4 Å². The highest BCUT2D eigenvalue weighted by atomic mass is 16.5. The van der Waals surface area contributed by atoms with Crippen LogP contribution in [0, 0.1) is 0 Å². The number of anilines is 1. The summed E-state index contributed by atoms with van der Waals surface area (Å²) in [6, 6.07) is 16.9. The maximum Gasteiger partial charge on any atom is 0.224 e. The summed E-state index contributed by atoms with van der Waals surface area (Å²) >= 11 is 0. The summed E-state index contributed by atoms with van der Waals surface area (Å²) in [5.74, 6) is 0.744. The Morgan fingerprint density at radius 3 is 2.50 bits per heavy atom. The molecule has 0 bridgehead atoms. The molecule has 0 unspecified atom stereocenters. The Labute approximate surface area is 118 Å². The quantitative estimate of drug-likeness (QED) is 0.623. The van der Waals surface area contributed by atoms with Gasteiger partial charge in [0.2, 0.25) is 5.91 Å². The van der Waals surface area contributed by atoms with E-state index in [4.69, 9.17) is 10.5 Å². The van der Waals surface area contributed by atoms with Crippen molar-refractivity contribution < 1.29 is 9.53 Å². The summed E-state index contributed by atoms with van der Waals surface area (Å²) < 4.78 is 5.49. The third kappa shape index (κ3) is 4.31. The Bertz CT molecular complexity index is 555. The summed E-state index contributed by atoms with van der Waals surface area (Å²) in [6.07, 6.45) is 0.290. The van der Waals surface area contributed by atoms with Gasteiger partial charge < -0.3 is 15.8 Å². The first-order valence-corrected chi connectivity index (χ1v) is 6.53. The lowest BCUT2D eigenvalue weighted by atomic mass is 10.1. The fourth-order valence-corrected chi connectivity index (χ4v) is 1.81. The van der Waals surface area contributed by atoms with Gasteiger partial charge in [-0.3, -0.25) is 4.79 Å². The minimum atomic E-state index is -0.0560. The van der Waals surface area contributed by atoms with Crippen LogP contribution >= 0.6 is 0 Å². The van der Waals surface area contributed by atoms with Crippen molar-refractivity contribution in [3.8, 4) is 5.75 Å². The predicted octanol–water partition coefficient (Wildman–Crippen LogP) is 2.01. The summed E-state index contributed by atoms with van der Waals surface area (Å²) in [6.45, 7) is 0.917. The largest absolute Gasteiger partial charge is 0.492 e. The lowest BCUT2D eigenvalue weighted by Gasteiger charge is -2.08. The van der Waals surface area contributed by atoms with E-state index < -0.39 is 0 Å². The average Bonchev–Trinajstić information content (AvgIpc) is 2.47. The normalized spacial score (nSPS) is 10.0. The fraction of sp³-hybridized carbons (Fsp3) is 0.188. The smallest absolute Gasteiger partial charge is 0.224 e. The second-order valence-electron chi connectivity index (χ2n) is 4.39. The SMILES string of the molecule is Nc1ccccc1CC(=O)NCCOc1ccccc1. The first kappa shape index (κ1) is 13.9. The molecule has 0 atom stereocenters. The number of nitrogens with two attached hydrogens (primary N) is 1. The second-order valence-corrected chi connectivity index (χ2v) is 4.39. The molecule has 0 radical (unpaired) electrons. The number of carbonyl (C=O) groups is 1. The van der Waals surface area contributed by atoms with Crippen LogP contribution in [0.4, 0.5) is 5.69 Å². The lowest BCUT2D eigenvalue weighted by molar-refractivity contribution is -0.120. The van der Waals surface area contributed by atoms with Crippen LogP contribution in [0.3, 0.4) is 0 Å². The van der Waals surface area contributed by atoms with E-state index in [1.807, 2.05) is 48.5 Å². The van der Waals surface area contributed by atoms with Gasteiger partial charge in [0, 0.05) is 5.69 Å².